The Morgan fingerprint density at radius 3 is 2.92 bits per heavy atom. The second kappa shape index (κ2) is 7.04. The molecule has 3 aromatic heterocycles. The Bertz CT molecular complexity index is 992. The molecule has 0 atom stereocenters. The zero-order valence-electron chi connectivity index (χ0n) is 14.6. The summed E-state index contributed by atoms with van der Waals surface area (Å²) in [5.41, 5.74) is 2.91. The SMILES string of the molecule is CC(=O)OCc1nc2cnc3ccsc3c2n1[C@H]1CC[C@H](CC#N)CC1. The number of rotatable bonds is 4. The highest BCUT2D eigenvalue weighted by Gasteiger charge is 2.27. The van der Waals surface area contributed by atoms with Crippen molar-refractivity contribution >= 4 is 38.6 Å². The van der Waals surface area contributed by atoms with Crippen molar-refractivity contribution < 1.29 is 9.53 Å². The van der Waals surface area contributed by atoms with Crippen LogP contribution >= 0.6 is 11.3 Å². The number of pyridine rings is 1. The maximum absolute atomic E-state index is 11.3. The monoisotopic (exact) mass is 368 g/mol. The van der Waals surface area contributed by atoms with Crippen LogP contribution in [0, 0.1) is 17.2 Å². The minimum atomic E-state index is -0.305. The Morgan fingerprint density at radius 1 is 1.38 bits per heavy atom. The van der Waals surface area contributed by atoms with Crippen LogP contribution in [0.25, 0.3) is 21.3 Å². The summed E-state index contributed by atoms with van der Waals surface area (Å²) in [6.07, 6.45) is 6.56. The number of nitriles is 1. The molecule has 3 heterocycles. The lowest BCUT2D eigenvalue weighted by Crippen LogP contribution is -2.20. The molecule has 0 spiro atoms. The molecular formula is C19H20N4O2S. The van der Waals surface area contributed by atoms with Crippen LogP contribution in [-0.4, -0.2) is 20.5 Å². The van der Waals surface area contributed by atoms with E-state index in [0.717, 1.165) is 52.8 Å². The van der Waals surface area contributed by atoms with Gasteiger partial charge in [-0.25, -0.2) is 4.98 Å². The first kappa shape index (κ1) is 17.0. The molecule has 0 N–H and O–H groups in total. The average Bonchev–Trinajstić information content (AvgIpc) is 3.24. The van der Waals surface area contributed by atoms with E-state index in [4.69, 9.17) is 15.0 Å². The Labute approximate surface area is 155 Å². The molecule has 0 unspecified atom stereocenters. The third-order valence-electron chi connectivity index (χ3n) is 5.16. The second-order valence-corrected chi connectivity index (χ2v) is 7.76. The summed E-state index contributed by atoms with van der Waals surface area (Å²) in [5.74, 6) is 0.966. The number of nitrogens with zero attached hydrogens (tertiary/aromatic N) is 4. The van der Waals surface area contributed by atoms with E-state index >= 15 is 0 Å². The number of hydrogen-bond acceptors (Lipinski definition) is 6. The molecule has 4 rings (SSSR count). The van der Waals surface area contributed by atoms with Gasteiger partial charge in [0.2, 0.25) is 0 Å². The Hall–Kier alpha value is -2.46. The number of imidazole rings is 1. The number of fused-ring (bicyclic) bond motifs is 3. The number of carbonyl (C=O) groups excluding carboxylic acids is 1. The van der Waals surface area contributed by atoms with Gasteiger partial charge in [0, 0.05) is 19.4 Å². The van der Waals surface area contributed by atoms with Gasteiger partial charge in [-0.3, -0.25) is 9.78 Å². The molecular weight excluding hydrogens is 348 g/mol. The van der Waals surface area contributed by atoms with Crippen LogP contribution in [-0.2, 0) is 16.1 Å². The number of carbonyl (C=O) groups is 1. The van der Waals surface area contributed by atoms with Gasteiger partial charge in [-0.1, -0.05) is 0 Å². The van der Waals surface area contributed by atoms with Crippen molar-refractivity contribution in [2.75, 3.05) is 0 Å². The topological polar surface area (TPSA) is 80.8 Å². The van der Waals surface area contributed by atoms with Gasteiger partial charge in [0.05, 0.1) is 28.0 Å². The van der Waals surface area contributed by atoms with Gasteiger partial charge >= 0.3 is 5.97 Å². The lowest BCUT2D eigenvalue weighted by atomic mass is 9.84. The van der Waals surface area contributed by atoms with E-state index < -0.39 is 0 Å². The molecule has 1 aliphatic rings. The van der Waals surface area contributed by atoms with Crippen molar-refractivity contribution in [3.8, 4) is 6.07 Å². The van der Waals surface area contributed by atoms with Gasteiger partial charge in [-0.2, -0.15) is 5.26 Å². The maximum atomic E-state index is 11.3. The predicted octanol–water partition coefficient (Wildman–Crippen LogP) is 4.35. The summed E-state index contributed by atoms with van der Waals surface area (Å²) >= 11 is 1.67. The molecule has 26 heavy (non-hydrogen) atoms. The largest absolute Gasteiger partial charge is 0.458 e. The van der Waals surface area contributed by atoms with Gasteiger partial charge in [0.15, 0.2) is 0 Å². The average molecular weight is 368 g/mol. The fraction of sp³-hybridized carbons (Fsp3) is 0.474. The van der Waals surface area contributed by atoms with E-state index in [9.17, 15) is 4.79 Å². The molecule has 0 aromatic carbocycles. The van der Waals surface area contributed by atoms with E-state index in [-0.39, 0.29) is 12.6 Å². The molecule has 1 fully saturated rings. The fourth-order valence-electron chi connectivity index (χ4n) is 3.92. The lowest BCUT2D eigenvalue weighted by molar-refractivity contribution is -0.142. The maximum Gasteiger partial charge on any atom is 0.303 e. The van der Waals surface area contributed by atoms with Gasteiger partial charge in [-0.05, 0) is 43.0 Å². The van der Waals surface area contributed by atoms with Crippen LogP contribution in [0.1, 0.15) is 50.9 Å². The van der Waals surface area contributed by atoms with Crippen molar-refractivity contribution in [3.05, 3.63) is 23.5 Å². The van der Waals surface area contributed by atoms with E-state index in [1.54, 1.807) is 17.5 Å². The first-order chi connectivity index (χ1) is 12.7. The van der Waals surface area contributed by atoms with E-state index in [1.807, 2.05) is 11.4 Å². The highest BCUT2D eigenvalue weighted by Crippen LogP contribution is 2.38. The number of aromatic nitrogens is 3. The number of thiophene rings is 1. The van der Waals surface area contributed by atoms with Gasteiger partial charge in [-0.15, -0.1) is 11.3 Å². The summed E-state index contributed by atoms with van der Waals surface area (Å²) in [4.78, 5) is 20.5. The number of hydrogen-bond donors (Lipinski definition) is 0. The third kappa shape index (κ3) is 3.06. The Kier molecular flexibility index (Phi) is 4.60. The van der Waals surface area contributed by atoms with E-state index in [1.165, 1.54) is 6.92 Å². The molecule has 1 aliphatic carbocycles. The molecule has 0 radical (unpaired) electrons. The van der Waals surface area contributed by atoms with E-state index in [2.05, 4.69) is 15.6 Å². The molecule has 134 valence electrons. The van der Waals surface area contributed by atoms with Crippen LogP contribution in [0.5, 0.6) is 0 Å². The smallest absolute Gasteiger partial charge is 0.303 e. The van der Waals surface area contributed by atoms with Crippen molar-refractivity contribution in [2.24, 2.45) is 5.92 Å². The predicted molar refractivity (Wildman–Crippen MR) is 99.6 cm³/mol. The van der Waals surface area contributed by atoms with Crippen molar-refractivity contribution in [1.82, 2.24) is 14.5 Å². The van der Waals surface area contributed by atoms with Crippen LogP contribution in [0.3, 0.4) is 0 Å². The quantitative estimate of drug-likeness (QED) is 0.639. The fourth-order valence-corrected chi connectivity index (χ4v) is 4.81. The van der Waals surface area contributed by atoms with Crippen molar-refractivity contribution in [2.45, 2.75) is 51.7 Å². The highest BCUT2D eigenvalue weighted by atomic mass is 32.1. The minimum absolute atomic E-state index is 0.176. The van der Waals surface area contributed by atoms with Crippen molar-refractivity contribution in [3.63, 3.8) is 0 Å². The van der Waals surface area contributed by atoms with Crippen LogP contribution in [0.15, 0.2) is 17.6 Å². The second-order valence-electron chi connectivity index (χ2n) is 6.84. The summed E-state index contributed by atoms with van der Waals surface area (Å²) < 4.78 is 8.65. The summed E-state index contributed by atoms with van der Waals surface area (Å²) in [5, 5.41) is 11.0. The number of esters is 1. The van der Waals surface area contributed by atoms with Crippen LogP contribution < -0.4 is 0 Å². The zero-order chi connectivity index (χ0) is 18.1. The Morgan fingerprint density at radius 2 is 2.19 bits per heavy atom. The van der Waals surface area contributed by atoms with Gasteiger partial charge in [0.25, 0.3) is 0 Å². The highest BCUT2D eigenvalue weighted by molar-refractivity contribution is 7.18. The molecule has 0 aliphatic heterocycles. The van der Waals surface area contributed by atoms with E-state index in [0.29, 0.717) is 18.4 Å². The molecule has 0 amide bonds. The normalized spacial score (nSPS) is 20.3. The molecule has 7 heteroatoms. The molecule has 0 saturated heterocycles. The Balaban J connectivity index is 1.77. The van der Waals surface area contributed by atoms with Gasteiger partial charge in [0.1, 0.15) is 17.9 Å². The summed E-state index contributed by atoms with van der Waals surface area (Å²) in [7, 11) is 0. The minimum Gasteiger partial charge on any atom is -0.458 e. The van der Waals surface area contributed by atoms with Crippen LogP contribution in [0.2, 0.25) is 0 Å². The third-order valence-corrected chi connectivity index (χ3v) is 6.07. The van der Waals surface area contributed by atoms with Crippen LogP contribution in [0.4, 0.5) is 0 Å². The lowest BCUT2D eigenvalue weighted by Gasteiger charge is -2.29. The molecule has 1 saturated carbocycles. The first-order valence-electron chi connectivity index (χ1n) is 8.90. The zero-order valence-corrected chi connectivity index (χ0v) is 15.5. The molecule has 6 nitrogen and oxygen atoms in total. The van der Waals surface area contributed by atoms with Crippen molar-refractivity contribution in [1.29, 1.82) is 5.26 Å². The summed E-state index contributed by atoms with van der Waals surface area (Å²) in [6, 6.07) is 4.63. The summed E-state index contributed by atoms with van der Waals surface area (Å²) in [6.45, 7) is 1.59. The van der Waals surface area contributed by atoms with Gasteiger partial charge < -0.3 is 9.30 Å². The number of ether oxygens (including phenoxy) is 1. The molecule has 0 bridgehead atoms. The molecule has 3 aromatic rings. The standard InChI is InChI=1S/C19H20N4O2S/c1-12(24)25-11-17-22-16-10-21-15-7-9-26-19(15)18(16)23(17)14-4-2-13(3-5-14)6-8-20/h7,9-10,13-14H,2-6,11H2,1H3/t13-,14-. The first-order valence-corrected chi connectivity index (χ1v) is 9.78.